The molecule has 0 saturated carbocycles. The standard InChI is InChI=1S/C30H32O7/c1-4-24-8-10-25(11-9-24)30(31)36-29-18-16-28(17-19-29)34-22-33-27-14-12-26(13-15-27)32-20-6-5-7-21-35-37-23(2)3/h4,8-19H,1-2,5-7,20-22H2,3H3. The average molecular weight is 505 g/mol. The third kappa shape index (κ3) is 10.1. The number of benzene rings is 3. The summed E-state index contributed by atoms with van der Waals surface area (Å²) in [7, 11) is 0. The van der Waals surface area contributed by atoms with Gasteiger partial charge >= 0.3 is 5.97 Å². The van der Waals surface area contributed by atoms with Gasteiger partial charge in [0, 0.05) is 0 Å². The van der Waals surface area contributed by atoms with Crippen molar-refractivity contribution in [3.63, 3.8) is 0 Å². The van der Waals surface area contributed by atoms with Gasteiger partial charge in [0.2, 0.25) is 6.79 Å². The molecule has 0 spiro atoms. The van der Waals surface area contributed by atoms with Crippen LogP contribution >= 0.6 is 0 Å². The van der Waals surface area contributed by atoms with E-state index in [2.05, 4.69) is 13.2 Å². The predicted octanol–water partition coefficient (Wildman–Crippen LogP) is 7.00. The highest BCUT2D eigenvalue weighted by Crippen LogP contribution is 2.21. The average Bonchev–Trinajstić information content (AvgIpc) is 2.92. The number of esters is 1. The molecule has 7 nitrogen and oxygen atoms in total. The summed E-state index contributed by atoms with van der Waals surface area (Å²) in [5.41, 5.74) is 1.40. The molecule has 0 aliphatic heterocycles. The van der Waals surface area contributed by atoms with E-state index in [9.17, 15) is 4.79 Å². The third-order valence-corrected chi connectivity index (χ3v) is 5.03. The number of ether oxygens (including phenoxy) is 4. The van der Waals surface area contributed by atoms with E-state index in [-0.39, 0.29) is 6.79 Å². The summed E-state index contributed by atoms with van der Waals surface area (Å²) >= 11 is 0. The highest BCUT2D eigenvalue weighted by Gasteiger charge is 2.08. The fraction of sp³-hybridized carbons (Fsp3) is 0.233. The minimum Gasteiger partial charge on any atom is -0.494 e. The van der Waals surface area contributed by atoms with Crippen LogP contribution in [0.5, 0.6) is 23.0 Å². The Kier molecular flexibility index (Phi) is 11.1. The highest BCUT2D eigenvalue weighted by molar-refractivity contribution is 5.91. The largest absolute Gasteiger partial charge is 0.494 e. The van der Waals surface area contributed by atoms with Crippen LogP contribution in [0.4, 0.5) is 0 Å². The molecule has 0 N–H and O–H groups in total. The molecule has 37 heavy (non-hydrogen) atoms. The first-order valence-corrected chi connectivity index (χ1v) is 12.0. The number of carbonyl (C=O) groups excluding carboxylic acids is 1. The summed E-state index contributed by atoms with van der Waals surface area (Å²) in [6.45, 7) is 10.2. The van der Waals surface area contributed by atoms with Crippen molar-refractivity contribution in [2.24, 2.45) is 0 Å². The molecule has 3 aromatic rings. The molecule has 0 atom stereocenters. The first-order chi connectivity index (χ1) is 18.0. The fourth-order valence-corrected chi connectivity index (χ4v) is 3.09. The second-order valence-electron chi connectivity index (χ2n) is 8.08. The Morgan fingerprint density at radius 2 is 1.27 bits per heavy atom. The van der Waals surface area contributed by atoms with Crippen LogP contribution in [0.15, 0.2) is 91.7 Å². The highest BCUT2D eigenvalue weighted by atomic mass is 17.2. The summed E-state index contributed by atoms with van der Waals surface area (Å²) in [6, 6.07) is 21.1. The molecule has 0 bridgehead atoms. The quantitative estimate of drug-likeness (QED) is 0.0396. The molecule has 0 aliphatic carbocycles. The molecule has 3 aromatic carbocycles. The molecule has 0 radical (unpaired) electrons. The molecule has 194 valence electrons. The SMILES string of the molecule is C=Cc1ccc(C(=O)Oc2ccc(OCOc3ccc(OCCCCCOOC(=C)C)cc3)cc2)cc1. The number of hydrogen-bond donors (Lipinski definition) is 0. The minimum atomic E-state index is -0.431. The lowest BCUT2D eigenvalue weighted by Crippen LogP contribution is -2.08. The van der Waals surface area contributed by atoms with Crippen molar-refractivity contribution >= 4 is 12.0 Å². The van der Waals surface area contributed by atoms with Gasteiger partial charge in [-0.3, -0.25) is 0 Å². The zero-order chi connectivity index (χ0) is 26.3. The van der Waals surface area contributed by atoms with Crippen molar-refractivity contribution in [1.29, 1.82) is 0 Å². The Balaban J connectivity index is 1.31. The summed E-state index contributed by atoms with van der Waals surface area (Å²) in [5.74, 6) is 2.56. The van der Waals surface area contributed by atoms with Gasteiger partial charge in [-0.25, -0.2) is 4.79 Å². The number of rotatable bonds is 16. The van der Waals surface area contributed by atoms with E-state index in [0.29, 0.717) is 41.8 Å². The van der Waals surface area contributed by atoms with Crippen molar-refractivity contribution in [2.75, 3.05) is 20.0 Å². The molecule has 0 fully saturated rings. The van der Waals surface area contributed by atoms with E-state index >= 15 is 0 Å². The first-order valence-electron chi connectivity index (χ1n) is 12.0. The predicted molar refractivity (Wildman–Crippen MR) is 142 cm³/mol. The van der Waals surface area contributed by atoms with E-state index in [1.807, 2.05) is 36.4 Å². The zero-order valence-electron chi connectivity index (χ0n) is 21.0. The molecule has 3 rings (SSSR count). The minimum absolute atomic E-state index is 0.0339. The van der Waals surface area contributed by atoms with E-state index in [1.54, 1.807) is 49.4 Å². The molecule has 0 aliphatic rings. The second-order valence-corrected chi connectivity index (χ2v) is 8.08. The summed E-state index contributed by atoms with van der Waals surface area (Å²) in [6.07, 6.45) is 4.50. The van der Waals surface area contributed by atoms with Crippen molar-refractivity contribution in [3.8, 4) is 23.0 Å². The number of hydrogen-bond acceptors (Lipinski definition) is 7. The van der Waals surface area contributed by atoms with Crippen LogP contribution in [0.1, 0.15) is 42.1 Å². The second kappa shape index (κ2) is 15.0. The van der Waals surface area contributed by atoms with E-state index in [1.165, 1.54) is 0 Å². The molecule has 7 heteroatoms. The first kappa shape index (κ1) is 27.4. The number of carbonyl (C=O) groups is 1. The van der Waals surface area contributed by atoms with Crippen molar-refractivity contribution in [3.05, 3.63) is 103 Å². The normalized spacial score (nSPS) is 10.3. The fourth-order valence-electron chi connectivity index (χ4n) is 3.09. The maximum atomic E-state index is 12.3. The van der Waals surface area contributed by atoms with Crippen molar-refractivity contribution in [1.82, 2.24) is 0 Å². The maximum Gasteiger partial charge on any atom is 0.343 e. The lowest BCUT2D eigenvalue weighted by Gasteiger charge is -2.10. The van der Waals surface area contributed by atoms with Crippen LogP contribution in [0, 0.1) is 0 Å². The van der Waals surface area contributed by atoms with Gasteiger partial charge in [-0.1, -0.05) is 31.4 Å². The van der Waals surface area contributed by atoms with Gasteiger partial charge in [-0.2, -0.15) is 4.89 Å². The molecule has 0 unspecified atom stereocenters. The summed E-state index contributed by atoms with van der Waals surface area (Å²) in [5, 5.41) is 0. The number of unbranched alkanes of at least 4 members (excludes halogenated alkanes) is 2. The molecule has 0 heterocycles. The lowest BCUT2D eigenvalue weighted by molar-refractivity contribution is -0.261. The zero-order valence-corrected chi connectivity index (χ0v) is 21.0. The van der Waals surface area contributed by atoms with Crippen LogP contribution < -0.4 is 18.9 Å². The van der Waals surface area contributed by atoms with Crippen molar-refractivity contribution in [2.45, 2.75) is 26.2 Å². The molecule has 0 amide bonds. The van der Waals surface area contributed by atoms with Gasteiger partial charge in [0.1, 0.15) is 28.8 Å². The molecule has 0 aromatic heterocycles. The van der Waals surface area contributed by atoms with Gasteiger partial charge in [-0.05, 0) is 92.4 Å². The number of allylic oxidation sites excluding steroid dienone is 1. The van der Waals surface area contributed by atoms with Crippen LogP contribution in [0.2, 0.25) is 0 Å². The lowest BCUT2D eigenvalue weighted by atomic mass is 10.1. The smallest absolute Gasteiger partial charge is 0.343 e. The van der Waals surface area contributed by atoms with E-state index in [4.69, 9.17) is 28.7 Å². The molecular formula is C30H32O7. The summed E-state index contributed by atoms with van der Waals surface area (Å²) in [4.78, 5) is 22.1. The van der Waals surface area contributed by atoms with Gasteiger partial charge in [-0.15, -0.1) is 0 Å². The maximum absolute atomic E-state index is 12.3. The van der Waals surface area contributed by atoms with Crippen LogP contribution in [0.25, 0.3) is 6.08 Å². The molecular weight excluding hydrogens is 472 g/mol. The third-order valence-electron chi connectivity index (χ3n) is 5.03. The van der Waals surface area contributed by atoms with Crippen molar-refractivity contribution < 1.29 is 33.5 Å². The van der Waals surface area contributed by atoms with Crippen LogP contribution in [-0.4, -0.2) is 26.0 Å². The van der Waals surface area contributed by atoms with Gasteiger partial charge in [0.25, 0.3) is 0 Å². The monoisotopic (exact) mass is 504 g/mol. The Bertz CT molecular complexity index is 1120. The van der Waals surface area contributed by atoms with Gasteiger partial charge < -0.3 is 23.8 Å². The summed E-state index contributed by atoms with van der Waals surface area (Å²) < 4.78 is 22.4. The van der Waals surface area contributed by atoms with Gasteiger partial charge in [0.15, 0.2) is 0 Å². The Hall–Kier alpha value is -4.23. The topological polar surface area (TPSA) is 72.5 Å². The van der Waals surface area contributed by atoms with Crippen LogP contribution in [0.3, 0.4) is 0 Å². The van der Waals surface area contributed by atoms with Gasteiger partial charge in [0.05, 0.1) is 18.8 Å². The Labute approximate surface area is 217 Å². The Morgan fingerprint density at radius 1 is 0.730 bits per heavy atom. The van der Waals surface area contributed by atoms with E-state index in [0.717, 1.165) is 30.6 Å². The Morgan fingerprint density at radius 3 is 1.84 bits per heavy atom. The van der Waals surface area contributed by atoms with E-state index < -0.39 is 5.97 Å². The van der Waals surface area contributed by atoms with Crippen LogP contribution in [-0.2, 0) is 9.78 Å². The molecule has 0 saturated heterocycles.